The van der Waals surface area contributed by atoms with Gasteiger partial charge in [0, 0.05) is 20.5 Å². The lowest BCUT2D eigenvalue weighted by Crippen LogP contribution is -2.73. The van der Waals surface area contributed by atoms with Gasteiger partial charge in [0.1, 0.15) is 28.6 Å². The zero-order chi connectivity index (χ0) is 38.5. The number of esters is 1. The number of aromatic nitrogens is 1. The summed E-state index contributed by atoms with van der Waals surface area (Å²) in [5, 5.41) is 11.6. The van der Waals surface area contributed by atoms with E-state index in [-0.39, 0.29) is 11.4 Å². The number of carbonyl (C=O) groups excluding carboxylic acids is 3. The first kappa shape index (κ1) is 39.1. The number of β-lactam (4-membered cyclic amide) rings is 1. The predicted octanol–water partition coefficient (Wildman–Crippen LogP) is 7.48. The van der Waals surface area contributed by atoms with Crippen LogP contribution in [-0.4, -0.2) is 67.9 Å². The summed E-state index contributed by atoms with van der Waals surface area (Å²) in [6, 6.07) is 27.6. The van der Waals surface area contributed by atoms with Crippen LogP contribution in [0, 0.1) is 0 Å². The average Bonchev–Trinajstić information content (AvgIpc) is 3.62. The Morgan fingerprint density at radius 3 is 2.09 bits per heavy atom. The number of thioether (sulfide) groups is 1. The van der Waals surface area contributed by atoms with Crippen LogP contribution in [0.1, 0.15) is 43.2 Å². The Morgan fingerprint density at radius 2 is 1.57 bits per heavy atom. The number of fused-ring (bicyclic) bond motifs is 1. The smallest absolute Gasteiger partial charge is 0.407 e. The molecule has 54 heavy (non-hydrogen) atoms. The van der Waals surface area contributed by atoms with Gasteiger partial charge in [-0.25, -0.2) is 9.78 Å². The topological polar surface area (TPSA) is 122 Å². The van der Waals surface area contributed by atoms with Crippen LogP contribution in [0.25, 0.3) is 0 Å². The molecule has 2 aliphatic rings. The lowest BCUT2D eigenvalue weighted by molar-refractivity contribution is -0.160. The minimum atomic E-state index is -3.32. The Labute approximate surface area is 333 Å². The molecule has 4 aromatic rings. The van der Waals surface area contributed by atoms with Crippen molar-refractivity contribution < 1.29 is 32.7 Å². The summed E-state index contributed by atoms with van der Waals surface area (Å²) < 4.78 is 33.0. The molecule has 6 rings (SSSR count). The number of halogens is 3. The van der Waals surface area contributed by atoms with E-state index in [1.54, 1.807) is 26.8 Å². The maximum Gasteiger partial charge on any atom is 0.407 e. The lowest BCUT2D eigenvalue weighted by atomic mass is 9.77. The van der Waals surface area contributed by atoms with E-state index in [4.69, 9.17) is 4.74 Å². The molecule has 2 unspecified atom stereocenters. The van der Waals surface area contributed by atoms with Gasteiger partial charge in [-0.05, 0) is 43.5 Å². The average molecular weight is 884 g/mol. The zero-order valence-corrected chi connectivity index (χ0v) is 33.2. The van der Waals surface area contributed by atoms with Crippen molar-refractivity contribution in [3.8, 4) is 0 Å². The predicted molar refractivity (Wildman–Crippen MR) is 214 cm³/mol. The van der Waals surface area contributed by atoms with Crippen molar-refractivity contribution in [1.82, 2.24) is 15.2 Å². The number of alkyl halides is 3. The molecule has 1 aromatic heterocycles. The van der Waals surface area contributed by atoms with E-state index in [9.17, 15) is 23.2 Å². The maximum atomic E-state index is 13.8. The summed E-state index contributed by atoms with van der Waals surface area (Å²) in [5.41, 5.74) is 0.420. The van der Waals surface area contributed by atoms with Crippen LogP contribution < -0.4 is 10.6 Å². The molecule has 2 N–H and O–H groups in total. The fourth-order valence-corrected chi connectivity index (χ4v) is 8.41. The van der Waals surface area contributed by atoms with Crippen molar-refractivity contribution in [2.24, 2.45) is 5.16 Å². The normalized spacial score (nSPS) is 17.6. The Bertz CT molecular complexity index is 1980. The number of benzene rings is 3. The van der Waals surface area contributed by atoms with Gasteiger partial charge in [-0.2, -0.15) is 8.78 Å². The molecule has 0 radical (unpaired) electrons. The highest BCUT2D eigenvalue weighted by Crippen LogP contribution is 2.42. The van der Waals surface area contributed by atoms with E-state index in [0.29, 0.717) is 20.2 Å². The van der Waals surface area contributed by atoms with Crippen molar-refractivity contribution in [2.75, 3.05) is 15.5 Å². The Kier molecular flexibility index (Phi) is 12.2. The molecule has 10 nitrogen and oxygen atoms in total. The number of allylic oxidation sites excluding steroid dienone is 2. The monoisotopic (exact) mass is 883 g/mol. The molecule has 1 saturated heterocycles. The number of hydrogen-bond acceptors (Lipinski definition) is 10. The second-order valence-corrected chi connectivity index (χ2v) is 15.9. The second-order valence-electron chi connectivity index (χ2n) is 13.1. The van der Waals surface area contributed by atoms with Crippen LogP contribution in [0.5, 0.6) is 0 Å². The van der Waals surface area contributed by atoms with Gasteiger partial charge in [-0.3, -0.25) is 14.5 Å². The highest BCUT2D eigenvalue weighted by atomic mass is 127. The van der Waals surface area contributed by atoms with Crippen molar-refractivity contribution >= 4 is 74.3 Å². The SMILES string of the molecule is CC(C)(C)OC(=O)C1=C(C=CCI)SCC2C(NC(=O)C(=NOC(F)F)c3csc(NC(c4ccccc4)(c4ccccc4)c4ccccc4)n3)C(=O)N12. The number of nitrogens with one attached hydrogen (secondary N) is 2. The fourth-order valence-electron chi connectivity index (χ4n) is 6.20. The summed E-state index contributed by atoms with van der Waals surface area (Å²) in [5.74, 6) is -1.81. The Balaban J connectivity index is 1.30. The van der Waals surface area contributed by atoms with Gasteiger partial charge >= 0.3 is 12.6 Å². The van der Waals surface area contributed by atoms with Crippen LogP contribution in [0.4, 0.5) is 13.9 Å². The lowest BCUT2D eigenvalue weighted by Gasteiger charge is -2.50. The number of anilines is 1. The molecule has 0 bridgehead atoms. The van der Waals surface area contributed by atoms with Gasteiger partial charge in [-0.1, -0.05) is 125 Å². The van der Waals surface area contributed by atoms with Gasteiger partial charge in [-0.15, -0.1) is 23.1 Å². The summed E-state index contributed by atoms with van der Waals surface area (Å²) in [7, 11) is 0. The first-order valence-corrected chi connectivity index (χ1v) is 20.2. The molecule has 1 fully saturated rings. The Morgan fingerprint density at radius 1 is 1.00 bits per heavy atom. The van der Waals surface area contributed by atoms with E-state index < -0.39 is 53.3 Å². The molecule has 2 aliphatic heterocycles. The third-order valence-electron chi connectivity index (χ3n) is 8.44. The van der Waals surface area contributed by atoms with Crippen molar-refractivity contribution in [3.63, 3.8) is 0 Å². The summed E-state index contributed by atoms with van der Waals surface area (Å²) >= 11 is 4.67. The van der Waals surface area contributed by atoms with Crippen LogP contribution in [0.15, 0.2) is 124 Å². The zero-order valence-electron chi connectivity index (χ0n) is 29.4. The molecular weight excluding hydrogens is 847 g/mol. The van der Waals surface area contributed by atoms with Gasteiger partial charge in [0.2, 0.25) is 0 Å². The van der Waals surface area contributed by atoms with E-state index in [2.05, 4.69) is 48.2 Å². The van der Waals surface area contributed by atoms with Crippen molar-refractivity contribution in [3.05, 3.63) is 142 Å². The third kappa shape index (κ3) is 8.37. The molecule has 2 amide bonds. The van der Waals surface area contributed by atoms with E-state index in [1.165, 1.54) is 22.0 Å². The van der Waals surface area contributed by atoms with Gasteiger partial charge in [0.05, 0.1) is 6.04 Å². The standard InChI is InChI=1S/C39H36F2IN5O5S2/c1-38(2,3)51-35(50)32-29(20-13-21-42)53-23-28-31(34(49)47(28)32)44-33(48)30(46-52-36(40)41)27-22-54-37(43-27)45-39(24-14-7-4-8-15-24,25-16-9-5-10-17-25)26-18-11-6-12-19-26/h4-20,22,28,31,36H,21,23H2,1-3H3,(H,43,45)(H,44,48). The van der Waals surface area contributed by atoms with E-state index in [0.717, 1.165) is 28.0 Å². The van der Waals surface area contributed by atoms with Crippen LogP contribution in [-0.2, 0) is 29.5 Å². The van der Waals surface area contributed by atoms with Gasteiger partial charge < -0.3 is 20.2 Å². The Hall–Kier alpha value is -4.61. The second kappa shape index (κ2) is 16.8. The number of oxime groups is 1. The summed E-state index contributed by atoms with van der Waals surface area (Å²) in [6.07, 6.45) is 3.64. The molecule has 15 heteroatoms. The van der Waals surface area contributed by atoms with Crippen LogP contribution in [0.3, 0.4) is 0 Å². The molecule has 0 saturated carbocycles. The molecule has 3 heterocycles. The number of thiazole rings is 1. The number of hydrogen-bond donors (Lipinski definition) is 2. The number of amides is 2. The number of carbonyl (C=O) groups is 3. The third-order valence-corrected chi connectivity index (χ3v) is 10.9. The molecule has 280 valence electrons. The highest BCUT2D eigenvalue weighted by molar-refractivity contribution is 14.1. The van der Waals surface area contributed by atoms with Crippen LogP contribution in [0.2, 0.25) is 0 Å². The molecule has 0 spiro atoms. The maximum absolute atomic E-state index is 13.8. The fraction of sp³-hybridized carbons (Fsp3) is 0.256. The first-order chi connectivity index (χ1) is 25.9. The minimum Gasteiger partial charge on any atom is -0.455 e. The molecular formula is C39H36F2IN5O5S2. The van der Waals surface area contributed by atoms with E-state index in [1.807, 2.05) is 97.1 Å². The molecule has 2 atom stereocenters. The van der Waals surface area contributed by atoms with Gasteiger partial charge in [0.15, 0.2) is 10.8 Å². The van der Waals surface area contributed by atoms with Crippen molar-refractivity contribution in [1.29, 1.82) is 0 Å². The number of rotatable bonds is 13. The highest BCUT2D eigenvalue weighted by Gasteiger charge is 2.54. The number of ether oxygens (including phenoxy) is 1. The molecule has 0 aliphatic carbocycles. The summed E-state index contributed by atoms with van der Waals surface area (Å²) in [4.78, 5) is 51.6. The van der Waals surface area contributed by atoms with Gasteiger partial charge in [0.25, 0.3) is 11.8 Å². The quantitative estimate of drug-likeness (QED) is 0.0270. The van der Waals surface area contributed by atoms with Crippen LogP contribution >= 0.6 is 45.7 Å². The molecule has 3 aromatic carbocycles. The van der Waals surface area contributed by atoms with E-state index >= 15 is 0 Å². The summed E-state index contributed by atoms with van der Waals surface area (Å²) in [6.45, 7) is 1.87. The first-order valence-electron chi connectivity index (χ1n) is 16.8. The minimum absolute atomic E-state index is 0.0501. The largest absolute Gasteiger partial charge is 0.455 e. The van der Waals surface area contributed by atoms with Crippen molar-refractivity contribution in [2.45, 2.75) is 50.6 Å². The number of nitrogens with zero attached hydrogens (tertiary/aromatic N) is 3.